The second kappa shape index (κ2) is 3.06. The van der Waals surface area contributed by atoms with Crippen LogP contribution >= 0.6 is 15.9 Å². The normalized spacial score (nSPS) is 10.1. The Kier molecular flexibility index (Phi) is 1.91. The van der Waals surface area contributed by atoms with Gasteiger partial charge in [-0.25, -0.2) is 4.98 Å². The van der Waals surface area contributed by atoms with Crippen LogP contribution in [0.1, 0.15) is 0 Å². The highest BCUT2D eigenvalue weighted by Crippen LogP contribution is 2.17. The van der Waals surface area contributed by atoms with Gasteiger partial charge in [0.1, 0.15) is 16.6 Å². The predicted molar refractivity (Wildman–Crippen MR) is 47.4 cm³/mol. The molecule has 0 N–H and O–H groups in total. The van der Waals surface area contributed by atoms with E-state index in [2.05, 4.69) is 25.9 Å². The molecule has 0 spiro atoms. The van der Waals surface area contributed by atoms with Crippen molar-refractivity contribution in [3.63, 3.8) is 0 Å². The second-order valence-electron chi connectivity index (χ2n) is 2.19. The lowest BCUT2D eigenvalue weighted by Gasteiger charge is -1.90. The highest BCUT2D eigenvalue weighted by Gasteiger charge is 2.04. The fourth-order valence-corrected chi connectivity index (χ4v) is 1.12. The van der Waals surface area contributed by atoms with Crippen molar-refractivity contribution in [2.24, 2.45) is 0 Å². The number of hydrogen-bond acceptors (Lipinski definition) is 3. The lowest BCUT2D eigenvalue weighted by molar-refractivity contribution is 0.571. The molecule has 2 heterocycles. The monoisotopic (exact) mass is 224 g/mol. The molecule has 4 heteroatoms. The molecule has 0 fully saturated rings. The Bertz CT molecular complexity index is 372. The van der Waals surface area contributed by atoms with Gasteiger partial charge < -0.3 is 4.42 Å². The summed E-state index contributed by atoms with van der Waals surface area (Å²) in [6.07, 6.45) is 3.23. The zero-order valence-corrected chi connectivity index (χ0v) is 7.65. The van der Waals surface area contributed by atoms with Crippen LogP contribution < -0.4 is 0 Å². The summed E-state index contributed by atoms with van der Waals surface area (Å²) in [4.78, 5) is 8.15. The Labute approximate surface area is 77.6 Å². The van der Waals surface area contributed by atoms with Crippen LogP contribution in [-0.4, -0.2) is 9.97 Å². The van der Waals surface area contributed by atoms with Crippen LogP contribution in [0.4, 0.5) is 0 Å². The van der Waals surface area contributed by atoms with Gasteiger partial charge in [-0.05, 0) is 28.1 Å². The van der Waals surface area contributed by atoms with Crippen molar-refractivity contribution >= 4 is 15.9 Å². The molecule has 0 aliphatic heterocycles. The standard InChI is InChI=1S/C8H5BrN2O/c9-7-5-12-8(11-7)6-3-1-2-4-10-6/h1-5H. The third-order valence-electron chi connectivity index (χ3n) is 1.36. The average Bonchev–Trinajstić information content (AvgIpc) is 2.54. The minimum absolute atomic E-state index is 0.530. The fraction of sp³-hybridized carbons (Fsp3) is 0. The number of nitrogens with zero attached hydrogens (tertiary/aromatic N) is 2. The molecule has 0 aliphatic rings. The van der Waals surface area contributed by atoms with E-state index in [0.717, 1.165) is 5.69 Å². The van der Waals surface area contributed by atoms with E-state index in [1.807, 2.05) is 18.2 Å². The van der Waals surface area contributed by atoms with Gasteiger partial charge in [0.2, 0.25) is 5.89 Å². The topological polar surface area (TPSA) is 38.9 Å². The van der Waals surface area contributed by atoms with E-state index in [1.54, 1.807) is 6.20 Å². The first-order valence-corrected chi connectivity index (χ1v) is 4.18. The molecule has 0 aliphatic carbocycles. The summed E-state index contributed by atoms with van der Waals surface area (Å²) in [5.74, 6) is 0.530. The van der Waals surface area contributed by atoms with Crippen molar-refractivity contribution in [3.05, 3.63) is 35.3 Å². The minimum Gasteiger partial charge on any atom is -0.442 e. The molecule has 0 saturated carbocycles. The molecule has 0 amide bonds. The van der Waals surface area contributed by atoms with Crippen molar-refractivity contribution in [2.45, 2.75) is 0 Å². The lowest BCUT2D eigenvalue weighted by atomic mass is 10.3. The first-order valence-electron chi connectivity index (χ1n) is 3.39. The Morgan fingerprint density at radius 3 is 2.83 bits per heavy atom. The Hall–Kier alpha value is -1.16. The van der Waals surface area contributed by atoms with Crippen LogP contribution in [0.3, 0.4) is 0 Å². The van der Waals surface area contributed by atoms with Crippen LogP contribution in [0, 0.1) is 0 Å². The molecule has 2 aromatic heterocycles. The summed E-state index contributed by atoms with van der Waals surface area (Å²) in [7, 11) is 0. The van der Waals surface area contributed by atoms with E-state index in [9.17, 15) is 0 Å². The number of pyridine rings is 1. The molecule has 0 atom stereocenters. The van der Waals surface area contributed by atoms with Crippen molar-refractivity contribution in [2.75, 3.05) is 0 Å². The molecule has 0 bridgehead atoms. The third kappa shape index (κ3) is 1.38. The van der Waals surface area contributed by atoms with E-state index in [4.69, 9.17) is 4.42 Å². The summed E-state index contributed by atoms with van der Waals surface area (Å²) in [5, 5.41) is 0. The SMILES string of the molecule is Brc1coc(-c2ccccn2)n1. The van der Waals surface area contributed by atoms with Crippen molar-refractivity contribution < 1.29 is 4.42 Å². The number of halogens is 1. The molecule has 2 rings (SSSR count). The zero-order chi connectivity index (χ0) is 8.39. The quantitative estimate of drug-likeness (QED) is 0.748. The maximum atomic E-state index is 5.13. The molecule has 2 aromatic rings. The Morgan fingerprint density at radius 1 is 1.33 bits per heavy atom. The average molecular weight is 225 g/mol. The van der Waals surface area contributed by atoms with Gasteiger partial charge >= 0.3 is 0 Å². The molecule has 0 unspecified atom stereocenters. The molecule has 0 radical (unpaired) electrons. The maximum absolute atomic E-state index is 5.13. The van der Waals surface area contributed by atoms with Gasteiger partial charge in [0.05, 0.1) is 0 Å². The van der Waals surface area contributed by atoms with E-state index in [-0.39, 0.29) is 0 Å². The van der Waals surface area contributed by atoms with Gasteiger partial charge in [0.15, 0.2) is 0 Å². The Morgan fingerprint density at radius 2 is 2.25 bits per heavy atom. The molecular weight excluding hydrogens is 220 g/mol. The number of hydrogen-bond donors (Lipinski definition) is 0. The third-order valence-corrected chi connectivity index (χ3v) is 1.72. The van der Waals surface area contributed by atoms with Crippen molar-refractivity contribution in [1.82, 2.24) is 9.97 Å². The van der Waals surface area contributed by atoms with Crippen LogP contribution in [0.5, 0.6) is 0 Å². The van der Waals surface area contributed by atoms with Crippen LogP contribution in [0.25, 0.3) is 11.6 Å². The summed E-state index contributed by atoms with van der Waals surface area (Å²) in [5.41, 5.74) is 0.739. The van der Waals surface area contributed by atoms with Crippen LogP contribution in [0.2, 0.25) is 0 Å². The Balaban J connectivity index is 2.45. The summed E-state index contributed by atoms with van der Waals surface area (Å²) in [6.45, 7) is 0. The van der Waals surface area contributed by atoms with Gasteiger partial charge in [0, 0.05) is 6.20 Å². The van der Waals surface area contributed by atoms with Gasteiger partial charge in [-0.3, -0.25) is 4.98 Å². The highest BCUT2D eigenvalue weighted by atomic mass is 79.9. The number of aromatic nitrogens is 2. The largest absolute Gasteiger partial charge is 0.442 e. The highest BCUT2D eigenvalue weighted by molar-refractivity contribution is 9.10. The number of oxazole rings is 1. The molecule has 12 heavy (non-hydrogen) atoms. The van der Waals surface area contributed by atoms with Crippen LogP contribution in [0.15, 0.2) is 39.7 Å². The minimum atomic E-state index is 0.530. The van der Waals surface area contributed by atoms with Gasteiger partial charge in [-0.15, -0.1) is 0 Å². The van der Waals surface area contributed by atoms with E-state index >= 15 is 0 Å². The molecule has 0 aromatic carbocycles. The zero-order valence-electron chi connectivity index (χ0n) is 6.07. The maximum Gasteiger partial charge on any atom is 0.246 e. The van der Waals surface area contributed by atoms with E-state index in [1.165, 1.54) is 6.26 Å². The van der Waals surface area contributed by atoms with Crippen LogP contribution in [-0.2, 0) is 0 Å². The number of rotatable bonds is 1. The first-order chi connectivity index (χ1) is 5.86. The second-order valence-corrected chi connectivity index (χ2v) is 3.00. The molecule has 3 nitrogen and oxygen atoms in total. The van der Waals surface area contributed by atoms with Gasteiger partial charge in [0.25, 0.3) is 0 Å². The van der Waals surface area contributed by atoms with Crippen molar-refractivity contribution in [1.29, 1.82) is 0 Å². The van der Waals surface area contributed by atoms with Crippen molar-refractivity contribution in [3.8, 4) is 11.6 Å². The molecule has 60 valence electrons. The smallest absolute Gasteiger partial charge is 0.246 e. The first kappa shape index (κ1) is 7.49. The van der Waals surface area contributed by atoms with E-state index < -0.39 is 0 Å². The summed E-state index contributed by atoms with van der Waals surface area (Å²) >= 11 is 3.20. The molecule has 0 saturated heterocycles. The molecular formula is C8H5BrN2O. The predicted octanol–water partition coefficient (Wildman–Crippen LogP) is 2.50. The van der Waals surface area contributed by atoms with Gasteiger partial charge in [-0.1, -0.05) is 6.07 Å². The van der Waals surface area contributed by atoms with Gasteiger partial charge in [-0.2, -0.15) is 0 Å². The summed E-state index contributed by atoms with van der Waals surface area (Å²) < 4.78 is 5.81. The fourth-order valence-electron chi connectivity index (χ4n) is 0.861. The summed E-state index contributed by atoms with van der Waals surface area (Å²) in [6, 6.07) is 5.58. The lowest BCUT2D eigenvalue weighted by Crippen LogP contribution is -1.80. The van der Waals surface area contributed by atoms with E-state index in [0.29, 0.717) is 10.5 Å².